The zero-order chi connectivity index (χ0) is 9.84. The van der Waals surface area contributed by atoms with E-state index < -0.39 is 5.97 Å². The molecule has 0 aliphatic rings. The molecular weight excluding hydrogens is 192 g/mol. The van der Waals surface area contributed by atoms with Gasteiger partial charge in [0, 0.05) is 0 Å². The number of esters is 1. The van der Waals surface area contributed by atoms with Crippen LogP contribution >= 0.6 is 11.6 Å². The summed E-state index contributed by atoms with van der Waals surface area (Å²) in [4.78, 5) is 11.1. The highest BCUT2D eigenvalue weighted by molar-refractivity contribution is 6.30. The molecular formula is C8H9ClN2O2. The van der Waals surface area contributed by atoms with Gasteiger partial charge in [0.25, 0.3) is 0 Å². The van der Waals surface area contributed by atoms with E-state index in [1.54, 1.807) is 19.9 Å². The SMILES string of the molecule is CCOC(=O)c1cc(C)c(Cl)nn1. The summed E-state index contributed by atoms with van der Waals surface area (Å²) in [5, 5.41) is 7.50. The largest absolute Gasteiger partial charge is 0.461 e. The Bertz CT molecular complexity index is 328. The zero-order valence-corrected chi connectivity index (χ0v) is 8.13. The number of ether oxygens (including phenoxy) is 1. The van der Waals surface area contributed by atoms with Crippen LogP contribution in [0, 0.1) is 6.92 Å². The van der Waals surface area contributed by atoms with Crippen molar-refractivity contribution in [3.05, 3.63) is 22.5 Å². The first-order valence-corrected chi connectivity index (χ1v) is 4.20. The number of rotatable bonds is 2. The molecule has 0 radical (unpaired) electrons. The molecule has 0 aliphatic carbocycles. The maximum Gasteiger partial charge on any atom is 0.358 e. The Morgan fingerprint density at radius 1 is 1.62 bits per heavy atom. The number of hydrogen-bond acceptors (Lipinski definition) is 4. The van der Waals surface area contributed by atoms with Crippen LogP contribution in [0.3, 0.4) is 0 Å². The van der Waals surface area contributed by atoms with E-state index in [0.29, 0.717) is 17.3 Å². The van der Waals surface area contributed by atoms with Crippen LogP contribution < -0.4 is 0 Å². The van der Waals surface area contributed by atoms with Crippen molar-refractivity contribution in [2.75, 3.05) is 6.61 Å². The van der Waals surface area contributed by atoms with Crippen molar-refractivity contribution >= 4 is 17.6 Å². The smallest absolute Gasteiger partial charge is 0.358 e. The molecule has 13 heavy (non-hydrogen) atoms. The van der Waals surface area contributed by atoms with Gasteiger partial charge in [-0.1, -0.05) is 11.6 Å². The first-order chi connectivity index (χ1) is 6.15. The molecule has 0 aliphatic heterocycles. The van der Waals surface area contributed by atoms with Gasteiger partial charge in [-0.3, -0.25) is 0 Å². The van der Waals surface area contributed by atoms with Crippen LogP contribution in [-0.4, -0.2) is 22.8 Å². The average molecular weight is 201 g/mol. The Hall–Kier alpha value is -1.16. The molecule has 0 amide bonds. The molecule has 0 saturated carbocycles. The van der Waals surface area contributed by atoms with Gasteiger partial charge in [-0.15, -0.1) is 10.2 Å². The molecule has 70 valence electrons. The Kier molecular flexibility index (Phi) is 3.19. The summed E-state index contributed by atoms with van der Waals surface area (Å²) < 4.78 is 4.74. The molecule has 1 aromatic rings. The summed E-state index contributed by atoms with van der Waals surface area (Å²) in [6.45, 7) is 3.80. The number of nitrogens with zero attached hydrogens (tertiary/aromatic N) is 2. The predicted octanol–water partition coefficient (Wildman–Crippen LogP) is 1.62. The fraction of sp³-hybridized carbons (Fsp3) is 0.375. The van der Waals surface area contributed by atoms with Gasteiger partial charge in [0.15, 0.2) is 10.8 Å². The van der Waals surface area contributed by atoms with Crippen LogP contribution in [0.4, 0.5) is 0 Å². The summed E-state index contributed by atoms with van der Waals surface area (Å²) in [6.07, 6.45) is 0. The lowest BCUT2D eigenvalue weighted by Gasteiger charge is -2.01. The molecule has 0 fully saturated rings. The second-order valence-electron chi connectivity index (χ2n) is 2.42. The van der Waals surface area contributed by atoms with Crippen molar-refractivity contribution in [3.63, 3.8) is 0 Å². The molecule has 0 aromatic carbocycles. The first-order valence-electron chi connectivity index (χ1n) is 3.82. The summed E-state index contributed by atoms with van der Waals surface area (Å²) in [7, 11) is 0. The van der Waals surface area contributed by atoms with Crippen LogP contribution in [0.15, 0.2) is 6.07 Å². The number of carbonyl (C=O) groups excluding carboxylic acids is 1. The number of hydrogen-bond donors (Lipinski definition) is 0. The molecule has 4 nitrogen and oxygen atoms in total. The van der Waals surface area contributed by atoms with Gasteiger partial charge in [-0.25, -0.2) is 4.79 Å². The van der Waals surface area contributed by atoms with Crippen molar-refractivity contribution in [1.29, 1.82) is 0 Å². The minimum Gasteiger partial charge on any atom is -0.461 e. The highest BCUT2D eigenvalue weighted by Crippen LogP contribution is 2.10. The van der Waals surface area contributed by atoms with E-state index in [4.69, 9.17) is 16.3 Å². The molecule has 1 heterocycles. The molecule has 1 rings (SSSR count). The van der Waals surface area contributed by atoms with Gasteiger partial charge in [0.2, 0.25) is 0 Å². The van der Waals surface area contributed by atoms with Crippen molar-refractivity contribution in [3.8, 4) is 0 Å². The summed E-state index contributed by atoms with van der Waals surface area (Å²) in [5.41, 5.74) is 0.892. The molecule has 1 aromatic heterocycles. The minimum absolute atomic E-state index is 0.184. The average Bonchev–Trinajstić information content (AvgIpc) is 2.10. The second kappa shape index (κ2) is 4.18. The van der Waals surface area contributed by atoms with E-state index in [9.17, 15) is 4.79 Å². The highest BCUT2D eigenvalue weighted by Gasteiger charge is 2.10. The fourth-order valence-electron chi connectivity index (χ4n) is 0.775. The van der Waals surface area contributed by atoms with Crippen LogP contribution in [0.1, 0.15) is 23.0 Å². The lowest BCUT2D eigenvalue weighted by atomic mass is 10.3. The summed E-state index contributed by atoms with van der Waals surface area (Å²) >= 11 is 5.64. The quantitative estimate of drug-likeness (QED) is 0.681. The Labute approximate surface area is 80.9 Å². The number of aryl methyl sites for hydroxylation is 1. The fourth-order valence-corrected chi connectivity index (χ4v) is 0.867. The van der Waals surface area contributed by atoms with Crippen LogP contribution in [0.2, 0.25) is 5.15 Å². The third kappa shape index (κ3) is 2.39. The Morgan fingerprint density at radius 2 is 2.31 bits per heavy atom. The lowest BCUT2D eigenvalue weighted by Crippen LogP contribution is -2.08. The van der Waals surface area contributed by atoms with Gasteiger partial charge < -0.3 is 4.74 Å². The third-order valence-electron chi connectivity index (χ3n) is 1.41. The van der Waals surface area contributed by atoms with E-state index in [1.807, 2.05) is 0 Å². The van der Waals surface area contributed by atoms with Gasteiger partial charge >= 0.3 is 5.97 Å². The standard InChI is InChI=1S/C8H9ClN2O2/c1-3-13-8(12)6-4-5(2)7(9)11-10-6/h4H,3H2,1-2H3. The van der Waals surface area contributed by atoms with Gasteiger partial charge in [0.1, 0.15) is 0 Å². The summed E-state index contributed by atoms with van der Waals surface area (Å²) in [6, 6.07) is 1.55. The summed E-state index contributed by atoms with van der Waals surface area (Å²) in [5.74, 6) is -0.477. The molecule has 0 spiro atoms. The number of aromatic nitrogens is 2. The predicted molar refractivity (Wildman–Crippen MR) is 47.7 cm³/mol. The van der Waals surface area contributed by atoms with Crippen molar-refractivity contribution in [1.82, 2.24) is 10.2 Å². The van der Waals surface area contributed by atoms with Crippen molar-refractivity contribution < 1.29 is 9.53 Å². The minimum atomic E-state index is -0.477. The zero-order valence-electron chi connectivity index (χ0n) is 7.37. The molecule has 0 N–H and O–H groups in total. The molecule has 0 bridgehead atoms. The van der Waals surface area contributed by atoms with Crippen molar-refractivity contribution in [2.45, 2.75) is 13.8 Å². The van der Waals surface area contributed by atoms with Crippen molar-refractivity contribution in [2.24, 2.45) is 0 Å². The van der Waals surface area contributed by atoms with E-state index >= 15 is 0 Å². The van der Waals surface area contributed by atoms with Crippen LogP contribution in [0.25, 0.3) is 0 Å². The Morgan fingerprint density at radius 3 is 2.85 bits per heavy atom. The van der Waals surface area contributed by atoms with Gasteiger partial charge in [-0.2, -0.15) is 0 Å². The van der Waals surface area contributed by atoms with Gasteiger partial charge in [-0.05, 0) is 25.5 Å². The molecule has 0 unspecified atom stereocenters. The molecule has 5 heteroatoms. The first kappa shape index (κ1) is 9.92. The monoisotopic (exact) mass is 200 g/mol. The van der Waals surface area contributed by atoms with E-state index in [1.165, 1.54) is 0 Å². The normalized spacial score (nSPS) is 9.77. The number of halogens is 1. The maximum atomic E-state index is 11.1. The van der Waals surface area contributed by atoms with Crippen LogP contribution in [-0.2, 0) is 4.74 Å². The second-order valence-corrected chi connectivity index (χ2v) is 2.78. The Balaban J connectivity index is 2.90. The lowest BCUT2D eigenvalue weighted by molar-refractivity contribution is 0.0518. The molecule has 0 saturated heterocycles. The third-order valence-corrected chi connectivity index (χ3v) is 1.78. The molecule has 0 atom stereocenters. The van der Waals surface area contributed by atoms with Crippen LogP contribution in [0.5, 0.6) is 0 Å². The van der Waals surface area contributed by atoms with E-state index in [0.717, 1.165) is 0 Å². The highest BCUT2D eigenvalue weighted by atomic mass is 35.5. The topological polar surface area (TPSA) is 52.1 Å². The van der Waals surface area contributed by atoms with E-state index in [2.05, 4.69) is 10.2 Å². The van der Waals surface area contributed by atoms with E-state index in [-0.39, 0.29) is 5.69 Å². The maximum absolute atomic E-state index is 11.1. The van der Waals surface area contributed by atoms with Gasteiger partial charge in [0.05, 0.1) is 6.61 Å². The number of carbonyl (C=O) groups is 1.